The molecule has 12 heteroatoms. The molecule has 0 saturated carbocycles. The first-order valence-corrected chi connectivity index (χ1v) is 18.8. The summed E-state index contributed by atoms with van der Waals surface area (Å²) < 4.78 is 40.9. The van der Waals surface area contributed by atoms with Gasteiger partial charge in [0.1, 0.15) is 18.5 Å². The quantitative estimate of drug-likeness (QED) is 0.171. The first-order valence-electron chi connectivity index (χ1n) is 18.8. The van der Waals surface area contributed by atoms with Gasteiger partial charge in [-0.05, 0) is 41.2 Å². The number of carbonyl (C=O) groups excluding carboxylic acids is 1. The Kier molecular flexibility index (Phi) is 17.6. The number of rotatable bonds is 22. The maximum absolute atomic E-state index is 13.9. The summed E-state index contributed by atoms with van der Waals surface area (Å²) in [6.07, 6.45) is -0.000222. The standard InChI is InChI=1S/C40H63N3O9/c1-7-29(3)39(41)40(45)43-20-36(51-25-31-11-14-35-34(19-31)42(16-18-50-35)15-8-17-46-4)38(37(21-43)52-27-33(44)26-48-6)32-12-9-30(10-13-32)24-49-23-28(2)22-47-5/h9-14,19,28-29,33,36-39,44H,7-8,15-18,20-27,41H2,1-6H3/t28-,29-,33+,36-,37+,38+,39-/m0/s1. The zero-order valence-corrected chi connectivity index (χ0v) is 32.2. The van der Waals surface area contributed by atoms with E-state index in [1.807, 2.05) is 26.0 Å². The number of likely N-dealkylation sites (tertiary alicyclic amines) is 1. The number of aliphatic hydroxyl groups excluding tert-OH is 1. The van der Waals surface area contributed by atoms with E-state index in [0.29, 0.717) is 58.6 Å². The van der Waals surface area contributed by atoms with Gasteiger partial charge in [-0.15, -0.1) is 0 Å². The summed E-state index contributed by atoms with van der Waals surface area (Å²) in [5.74, 6) is 0.821. The second-order valence-corrected chi connectivity index (χ2v) is 14.3. The number of fused-ring (bicyclic) bond motifs is 1. The minimum Gasteiger partial charge on any atom is -0.490 e. The van der Waals surface area contributed by atoms with Crippen LogP contribution in [0.1, 0.15) is 56.2 Å². The average Bonchev–Trinajstić information content (AvgIpc) is 3.15. The van der Waals surface area contributed by atoms with Gasteiger partial charge in [0, 0.05) is 59.4 Å². The lowest BCUT2D eigenvalue weighted by Crippen LogP contribution is -2.58. The van der Waals surface area contributed by atoms with Gasteiger partial charge < -0.3 is 53.8 Å². The van der Waals surface area contributed by atoms with Crippen LogP contribution < -0.4 is 15.4 Å². The van der Waals surface area contributed by atoms with Crippen molar-refractivity contribution < 1.29 is 43.1 Å². The van der Waals surface area contributed by atoms with E-state index in [2.05, 4.69) is 42.2 Å². The Labute approximate surface area is 310 Å². The number of benzene rings is 2. The highest BCUT2D eigenvalue weighted by molar-refractivity contribution is 5.82. The molecule has 52 heavy (non-hydrogen) atoms. The largest absolute Gasteiger partial charge is 0.490 e. The topological polar surface area (TPSA) is 134 Å². The predicted octanol–water partition coefficient (Wildman–Crippen LogP) is 4.00. The van der Waals surface area contributed by atoms with Crippen molar-refractivity contribution >= 4 is 11.6 Å². The smallest absolute Gasteiger partial charge is 0.239 e. The molecule has 0 spiro atoms. The molecule has 1 fully saturated rings. The molecule has 2 aromatic carbocycles. The van der Waals surface area contributed by atoms with Gasteiger partial charge >= 0.3 is 0 Å². The fraction of sp³-hybridized carbons (Fsp3) is 0.675. The van der Waals surface area contributed by atoms with Crippen molar-refractivity contribution in [1.29, 1.82) is 0 Å². The van der Waals surface area contributed by atoms with Crippen molar-refractivity contribution in [3.05, 3.63) is 59.2 Å². The molecule has 1 saturated heterocycles. The number of methoxy groups -OCH3 is 3. The Hall–Kier alpha value is -2.81. The van der Waals surface area contributed by atoms with Gasteiger partial charge in [0.15, 0.2) is 0 Å². The molecule has 3 N–H and O–H groups in total. The van der Waals surface area contributed by atoms with E-state index >= 15 is 0 Å². The number of hydrogen-bond donors (Lipinski definition) is 2. The minimum absolute atomic E-state index is 0.0179. The molecule has 2 aromatic rings. The van der Waals surface area contributed by atoms with E-state index in [1.165, 1.54) is 0 Å². The second kappa shape index (κ2) is 21.8. The number of nitrogens with zero attached hydrogens (tertiary/aromatic N) is 2. The Balaban J connectivity index is 1.61. The van der Waals surface area contributed by atoms with Crippen LogP contribution in [0.2, 0.25) is 0 Å². The Morgan fingerprint density at radius 3 is 2.33 bits per heavy atom. The number of ether oxygens (including phenoxy) is 7. The molecule has 292 valence electrons. The second-order valence-electron chi connectivity index (χ2n) is 14.3. The molecule has 2 aliphatic heterocycles. The molecular formula is C40H63N3O9. The van der Waals surface area contributed by atoms with Gasteiger partial charge in [0.25, 0.3) is 0 Å². The summed E-state index contributed by atoms with van der Waals surface area (Å²) in [4.78, 5) is 18.0. The number of carbonyl (C=O) groups is 1. The van der Waals surface area contributed by atoms with E-state index in [4.69, 9.17) is 38.9 Å². The number of hydrogen-bond acceptors (Lipinski definition) is 11. The van der Waals surface area contributed by atoms with Crippen LogP contribution in [-0.2, 0) is 46.4 Å². The molecule has 2 heterocycles. The van der Waals surface area contributed by atoms with Crippen molar-refractivity contribution in [2.24, 2.45) is 17.6 Å². The number of aliphatic hydroxyl groups is 1. The maximum atomic E-state index is 13.9. The summed E-state index contributed by atoms with van der Waals surface area (Å²) in [6, 6.07) is 13.9. The number of nitrogens with two attached hydrogens (primary N) is 1. The molecule has 7 atom stereocenters. The van der Waals surface area contributed by atoms with Crippen LogP contribution >= 0.6 is 0 Å². The van der Waals surface area contributed by atoms with E-state index in [0.717, 1.165) is 54.1 Å². The normalized spacial score (nSPS) is 21.3. The lowest BCUT2D eigenvalue weighted by atomic mass is 9.83. The number of anilines is 1. The summed E-state index contributed by atoms with van der Waals surface area (Å²) in [6.45, 7) is 12.1. The highest BCUT2D eigenvalue weighted by Crippen LogP contribution is 2.36. The van der Waals surface area contributed by atoms with Crippen molar-refractivity contribution in [1.82, 2.24) is 4.90 Å². The van der Waals surface area contributed by atoms with E-state index in [9.17, 15) is 9.90 Å². The summed E-state index contributed by atoms with van der Waals surface area (Å²) in [5, 5.41) is 10.6. The number of piperidine rings is 1. The van der Waals surface area contributed by atoms with Gasteiger partial charge in [0.05, 0.1) is 70.1 Å². The highest BCUT2D eigenvalue weighted by Gasteiger charge is 2.42. The third-order valence-corrected chi connectivity index (χ3v) is 10.0. The summed E-state index contributed by atoms with van der Waals surface area (Å²) >= 11 is 0. The number of amides is 1. The fourth-order valence-electron chi connectivity index (χ4n) is 6.87. The molecule has 12 nitrogen and oxygen atoms in total. The van der Waals surface area contributed by atoms with Gasteiger partial charge in [-0.1, -0.05) is 57.5 Å². The zero-order chi connectivity index (χ0) is 37.5. The SMILES string of the molecule is CC[C@H](C)[C@H](N)C(=O)N1C[C@H](OCc2ccc3c(c2)N(CCCOC)CCO3)[C@@H](c2ccc(COC[C@@H](C)COC)cc2)[C@H](OC[C@H](O)COC)C1. The lowest BCUT2D eigenvalue weighted by molar-refractivity contribution is -0.150. The van der Waals surface area contributed by atoms with E-state index in [1.54, 1.807) is 26.2 Å². The first-order chi connectivity index (χ1) is 25.2. The molecule has 0 bridgehead atoms. The lowest BCUT2D eigenvalue weighted by Gasteiger charge is -2.45. The first kappa shape index (κ1) is 41.9. The van der Waals surface area contributed by atoms with Gasteiger partial charge in [-0.3, -0.25) is 4.79 Å². The highest BCUT2D eigenvalue weighted by atomic mass is 16.5. The fourth-order valence-corrected chi connectivity index (χ4v) is 6.87. The van der Waals surface area contributed by atoms with E-state index < -0.39 is 24.4 Å². The average molecular weight is 730 g/mol. The van der Waals surface area contributed by atoms with Crippen LogP contribution in [-0.4, -0.2) is 127 Å². The summed E-state index contributed by atoms with van der Waals surface area (Å²) in [7, 11) is 4.96. The molecule has 2 aliphatic rings. The van der Waals surface area contributed by atoms with Crippen LogP contribution in [0.4, 0.5) is 5.69 Å². The van der Waals surface area contributed by atoms with Crippen LogP contribution in [0.5, 0.6) is 5.75 Å². The van der Waals surface area contributed by atoms with E-state index in [-0.39, 0.29) is 31.0 Å². The molecule has 0 aliphatic carbocycles. The van der Waals surface area contributed by atoms with Crippen molar-refractivity contribution in [2.45, 2.75) is 77.1 Å². The Morgan fingerprint density at radius 1 is 0.923 bits per heavy atom. The molecule has 4 rings (SSSR count). The van der Waals surface area contributed by atoms with Crippen molar-refractivity contribution in [3.63, 3.8) is 0 Å². The third-order valence-electron chi connectivity index (χ3n) is 10.0. The predicted molar refractivity (Wildman–Crippen MR) is 201 cm³/mol. The molecule has 0 radical (unpaired) electrons. The van der Waals surface area contributed by atoms with Crippen LogP contribution in [0.25, 0.3) is 0 Å². The Bertz CT molecular complexity index is 1330. The van der Waals surface area contributed by atoms with Crippen LogP contribution in [0.15, 0.2) is 42.5 Å². The van der Waals surface area contributed by atoms with Crippen LogP contribution in [0.3, 0.4) is 0 Å². The van der Waals surface area contributed by atoms with Gasteiger partial charge in [0.2, 0.25) is 5.91 Å². The molecule has 1 amide bonds. The van der Waals surface area contributed by atoms with Gasteiger partial charge in [-0.2, -0.15) is 0 Å². The zero-order valence-electron chi connectivity index (χ0n) is 32.2. The monoisotopic (exact) mass is 729 g/mol. The maximum Gasteiger partial charge on any atom is 0.239 e. The Morgan fingerprint density at radius 2 is 1.63 bits per heavy atom. The summed E-state index contributed by atoms with van der Waals surface area (Å²) in [5.41, 5.74) is 10.6. The van der Waals surface area contributed by atoms with Gasteiger partial charge in [-0.25, -0.2) is 0 Å². The third kappa shape index (κ3) is 12.1. The molecule has 0 unspecified atom stereocenters. The van der Waals surface area contributed by atoms with Crippen molar-refractivity contribution in [2.75, 3.05) is 92.0 Å². The molecular weight excluding hydrogens is 666 g/mol. The van der Waals surface area contributed by atoms with Crippen molar-refractivity contribution in [3.8, 4) is 5.75 Å². The minimum atomic E-state index is -0.817. The molecule has 0 aromatic heterocycles. The van der Waals surface area contributed by atoms with Crippen LogP contribution in [0, 0.1) is 11.8 Å².